The van der Waals surface area contributed by atoms with Gasteiger partial charge in [-0.25, -0.2) is 0 Å². The van der Waals surface area contributed by atoms with Crippen LogP contribution in [0.5, 0.6) is 5.75 Å². The Bertz CT molecular complexity index is 1180. The van der Waals surface area contributed by atoms with Crippen molar-refractivity contribution in [3.63, 3.8) is 0 Å². The van der Waals surface area contributed by atoms with Gasteiger partial charge in [0.05, 0.1) is 18.5 Å². The number of piperidine rings is 1. The third-order valence-corrected chi connectivity index (χ3v) is 8.25. The molecule has 1 unspecified atom stereocenters. The molecule has 1 saturated heterocycles. The zero-order valence-electron chi connectivity index (χ0n) is 20.9. The highest BCUT2D eigenvalue weighted by Crippen LogP contribution is 2.34. The number of benzene rings is 2. The Morgan fingerprint density at radius 3 is 2.72 bits per heavy atom. The van der Waals surface area contributed by atoms with E-state index in [9.17, 15) is 9.90 Å². The van der Waals surface area contributed by atoms with Crippen molar-refractivity contribution in [1.82, 2.24) is 9.88 Å². The number of ether oxygens (including phenoxy) is 1. The number of aryl methyl sites for hydroxylation is 1. The Morgan fingerprint density at radius 2 is 2.00 bits per heavy atom. The van der Waals surface area contributed by atoms with Crippen molar-refractivity contribution in [2.45, 2.75) is 44.9 Å². The van der Waals surface area contributed by atoms with E-state index in [-0.39, 0.29) is 17.8 Å². The van der Waals surface area contributed by atoms with Crippen LogP contribution in [0.25, 0.3) is 10.9 Å². The number of aliphatic carboxylic acids is 1. The van der Waals surface area contributed by atoms with Crippen LogP contribution in [0.4, 0.5) is 0 Å². The summed E-state index contributed by atoms with van der Waals surface area (Å²) in [4.78, 5) is 18.9. The topological polar surface area (TPSA) is 62.7 Å². The second kappa shape index (κ2) is 12.3. The third-order valence-electron chi connectivity index (χ3n) is 7.59. The van der Waals surface area contributed by atoms with Crippen LogP contribution in [-0.2, 0) is 11.2 Å². The van der Waals surface area contributed by atoms with Crippen LogP contribution in [0.1, 0.15) is 49.7 Å². The third kappa shape index (κ3) is 6.31. The van der Waals surface area contributed by atoms with Crippen LogP contribution in [0.15, 0.2) is 48.7 Å². The fraction of sp³-hybridized carbons (Fsp3) is 0.448. The number of aromatic nitrogens is 1. The number of hydrogen-bond donors (Lipinski definition) is 1. The number of likely N-dealkylation sites (tertiary alicyclic amines) is 1. The van der Waals surface area contributed by atoms with Crippen LogP contribution in [0, 0.1) is 11.8 Å². The van der Waals surface area contributed by atoms with Crippen molar-refractivity contribution in [3.8, 4) is 5.75 Å². The Hall–Kier alpha value is -2.34. The summed E-state index contributed by atoms with van der Waals surface area (Å²) >= 11 is 12.8. The van der Waals surface area contributed by atoms with Crippen molar-refractivity contribution in [2.75, 3.05) is 26.7 Å². The molecule has 0 spiro atoms. The van der Waals surface area contributed by atoms with Crippen molar-refractivity contribution in [2.24, 2.45) is 11.8 Å². The van der Waals surface area contributed by atoms with Gasteiger partial charge in [0.25, 0.3) is 0 Å². The van der Waals surface area contributed by atoms with Gasteiger partial charge in [0.1, 0.15) is 5.75 Å². The van der Waals surface area contributed by atoms with Crippen LogP contribution < -0.4 is 4.74 Å². The van der Waals surface area contributed by atoms with Gasteiger partial charge in [-0.2, -0.15) is 0 Å². The number of carboxylic acid groups (broad SMARTS) is 1. The van der Waals surface area contributed by atoms with Gasteiger partial charge >= 0.3 is 5.97 Å². The second-order valence-electron chi connectivity index (χ2n) is 9.86. The van der Waals surface area contributed by atoms with Gasteiger partial charge in [-0.15, -0.1) is 0 Å². The zero-order valence-corrected chi connectivity index (χ0v) is 22.4. The number of carboxylic acids is 1. The second-order valence-corrected chi connectivity index (χ2v) is 10.7. The fourth-order valence-electron chi connectivity index (χ4n) is 5.48. The molecule has 36 heavy (non-hydrogen) atoms. The minimum absolute atomic E-state index is 0.192. The molecular weight excluding hydrogens is 495 g/mol. The SMILES string of the molecule is COc1ccc2nccc(CCC[C@@H]3CCN(CCC(C)c4c(Cl)cccc4Cl)C[C@@H]3C(=O)O)c2c1. The molecule has 2 heterocycles. The van der Waals surface area contributed by atoms with Gasteiger partial charge in [0.15, 0.2) is 0 Å². The minimum Gasteiger partial charge on any atom is -0.497 e. The number of methoxy groups -OCH3 is 1. The molecule has 0 radical (unpaired) electrons. The summed E-state index contributed by atoms with van der Waals surface area (Å²) in [5, 5.41) is 12.5. The number of pyridine rings is 1. The van der Waals surface area contributed by atoms with E-state index in [1.54, 1.807) is 7.11 Å². The molecule has 5 nitrogen and oxygen atoms in total. The molecule has 192 valence electrons. The van der Waals surface area contributed by atoms with Crippen LogP contribution in [0.2, 0.25) is 10.0 Å². The molecule has 4 rings (SSSR count). The summed E-state index contributed by atoms with van der Waals surface area (Å²) in [6, 6.07) is 13.6. The van der Waals surface area contributed by atoms with Crippen molar-refractivity contribution >= 4 is 40.1 Å². The highest BCUT2D eigenvalue weighted by molar-refractivity contribution is 6.36. The van der Waals surface area contributed by atoms with E-state index >= 15 is 0 Å². The largest absolute Gasteiger partial charge is 0.497 e. The maximum absolute atomic E-state index is 12.2. The Kier molecular flexibility index (Phi) is 9.10. The highest BCUT2D eigenvalue weighted by atomic mass is 35.5. The lowest BCUT2D eigenvalue weighted by atomic mass is 9.81. The van der Waals surface area contributed by atoms with Crippen molar-refractivity contribution < 1.29 is 14.6 Å². The van der Waals surface area contributed by atoms with E-state index in [1.165, 1.54) is 5.56 Å². The summed E-state index contributed by atoms with van der Waals surface area (Å²) < 4.78 is 5.39. The molecule has 2 aromatic carbocycles. The molecule has 1 fully saturated rings. The lowest BCUT2D eigenvalue weighted by molar-refractivity contribution is -0.146. The smallest absolute Gasteiger partial charge is 0.308 e. The maximum Gasteiger partial charge on any atom is 0.308 e. The molecule has 0 bridgehead atoms. The first-order valence-corrected chi connectivity index (χ1v) is 13.4. The zero-order chi connectivity index (χ0) is 25.7. The normalized spacial score (nSPS) is 19.3. The summed E-state index contributed by atoms with van der Waals surface area (Å²) in [5.74, 6) is 0.192. The summed E-state index contributed by atoms with van der Waals surface area (Å²) in [7, 11) is 1.67. The predicted octanol–water partition coefficient (Wildman–Crippen LogP) is 7.09. The number of rotatable bonds is 10. The molecule has 3 aromatic rings. The average Bonchev–Trinajstić information content (AvgIpc) is 2.87. The summed E-state index contributed by atoms with van der Waals surface area (Å²) in [6.07, 6.45) is 6.40. The first kappa shape index (κ1) is 26.7. The Labute approximate surface area is 223 Å². The molecule has 3 atom stereocenters. The first-order valence-electron chi connectivity index (χ1n) is 12.7. The summed E-state index contributed by atoms with van der Waals surface area (Å²) in [6.45, 7) is 4.49. The van der Waals surface area contributed by atoms with Crippen molar-refractivity contribution in [1.29, 1.82) is 0 Å². The average molecular weight is 530 g/mol. The molecule has 1 aliphatic heterocycles. The van der Waals surface area contributed by atoms with E-state index in [4.69, 9.17) is 27.9 Å². The van der Waals surface area contributed by atoms with E-state index in [1.807, 2.05) is 42.6 Å². The van der Waals surface area contributed by atoms with Crippen LogP contribution >= 0.6 is 23.2 Å². The lowest BCUT2D eigenvalue weighted by Crippen LogP contribution is -2.44. The highest BCUT2D eigenvalue weighted by Gasteiger charge is 2.34. The molecule has 1 aliphatic rings. The standard InChI is InChI=1S/C29H34Cl2N2O3/c1-19(28-25(30)7-4-8-26(28)31)12-15-33-16-13-21(24(18-33)29(34)35)6-3-5-20-11-14-32-27-10-9-22(36-2)17-23(20)27/h4,7-11,14,17,19,21,24H,3,5-6,12-13,15-16,18H2,1-2H3,(H,34,35)/t19?,21-,24+/m1/s1. The van der Waals surface area contributed by atoms with Gasteiger partial charge in [0.2, 0.25) is 0 Å². The number of fused-ring (bicyclic) bond motifs is 1. The fourth-order valence-corrected chi connectivity index (χ4v) is 6.25. The van der Waals surface area contributed by atoms with Gasteiger partial charge in [-0.05, 0) is 105 Å². The van der Waals surface area contributed by atoms with E-state index < -0.39 is 5.97 Å². The monoisotopic (exact) mass is 528 g/mol. The Morgan fingerprint density at radius 1 is 1.22 bits per heavy atom. The van der Waals surface area contributed by atoms with E-state index in [0.29, 0.717) is 16.6 Å². The molecular formula is C29H34Cl2N2O3. The molecule has 7 heteroatoms. The van der Waals surface area contributed by atoms with E-state index in [0.717, 1.165) is 67.4 Å². The van der Waals surface area contributed by atoms with E-state index in [2.05, 4.69) is 22.9 Å². The number of nitrogens with zero attached hydrogens (tertiary/aromatic N) is 2. The molecule has 0 aliphatic carbocycles. The quantitative estimate of drug-likeness (QED) is 0.304. The number of carbonyl (C=O) groups is 1. The number of halogens is 2. The molecule has 0 amide bonds. The molecule has 1 N–H and O–H groups in total. The van der Waals surface area contributed by atoms with Gasteiger partial charge < -0.3 is 14.7 Å². The van der Waals surface area contributed by atoms with Gasteiger partial charge in [0, 0.05) is 28.2 Å². The Balaban J connectivity index is 1.32. The van der Waals surface area contributed by atoms with Crippen molar-refractivity contribution in [3.05, 3.63) is 69.8 Å². The summed E-state index contributed by atoms with van der Waals surface area (Å²) in [5.41, 5.74) is 3.17. The molecule has 1 aromatic heterocycles. The van der Waals surface area contributed by atoms with Gasteiger partial charge in [-0.3, -0.25) is 9.78 Å². The lowest BCUT2D eigenvalue weighted by Gasteiger charge is -2.37. The minimum atomic E-state index is -0.689. The first-order chi connectivity index (χ1) is 17.4. The molecule has 0 saturated carbocycles. The van der Waals surface area contributed by atoms with Crippen LogP contribution in [-0.4, -0.2) is 47.7 Å². The maximum atomic E-state index is 12.2. The predicted molar refractivity (Wildman–Crippen MR) is 146 cm³/mol. The van der Waals surface area contributed by atoms with Crippen LogP contribution in [0.3, 0.4) is 0 Å². The number of hydrogen-bond acceptors (Lipinski definition) is 4. The van der Waals surface area contributed by atoms with Gasteiger partial charge in [-0.1, -0.05) is 36.2 Å².